The molecule has 170 valence electrons. The van der Waals surface area contributed by atoms with E-state index in [0.29, 0.717) is 22.2 Å². The lowest BCUT2D eigenvalue weighted by atomic mass is 10.0. The Morgan fingerprint density at radius 3 is 2.38 bits per heavy atom. The number of rotatable bonds is 5. The number of benzene rings is 2. The third-order valence-corrected chi connectivity index (χ3v) is 5.48. The largest absolute Gasteiger partial charge is 0.415 e. The molecule has 3 heterocycles. The van der Waals surface area contributed by atoms with Gasteiger partial charge in [0, 0.05) is 13.2 Å². The first-order valence-electron chi connectivity index (χ1n) is 10.3. The Kier molecular flexibility index (Phi) is 5.33. The maximum Gasteiger partial charge on any atom is 0.331 e. The van der Waals surface area contributed by atoms with E-state index in [2.05, 4.69) is 15.2 Å². The molecule has 0 bridgehead atoms. The molecule has 0 N–H and O–H groups in total. The zero-order chi connectivity index (χ0) is 23.8. The molecule has 5 aromatic rings. The van der Waals surface area contributed by atoms with Crippen molar-refractivity contribution >= 4 is 10.9 Å². The first-order valence-corrected chi connectivity index (χ1v) is 10.3. The molecule has 0 fully saturated rings. The highest BCUT2D eigenvalue weighted by molar-refractivity contribution is 5.84. The van der Waals surface area contributed by atoms with Gasteiger partial charge in [-0.2, -0.15) is 8.78 Å². The first-order chi connectivity index (χ1) is 16.4. The van der Waals surface area contributed by atoms with Gasteiger partial charge in [0.2, 0.25) is 5.89 Å². The van der Waals surface area contributed by atoms with E-state index in [9.17, 15) is 18.4 Å². The van der Waals surface area contributed by atoms with Crippen LogP contribution in [0.4, 0.5) is 8.78 Å². The molecule has 34 heavy (non-hydrogen) atoms. The molecule has 0 saturated carbocycles. The minimum atomic E-state index is -2.87. The van der Waals surface area contributed by atoms with Crippen LogP contribution in [-0.4, -0.2) is 24.3 Å². The minimum absolute atomic E-state index is 0.0661. The Labute approximate surface area is 190 Å². The third kappa shape index (κ3) is 3.79. The van der Waals surface area contributed by atoms with Crippen molar-refractivity contribution in [2.45, 2.75) is 13.0 Å². The van der Waals surface area contributed by atoms with Gasteiger partial charge in [-0.05, 0) is 35.4 Å². The third-order valence-electron chi connectivity index (χ3n) is 5.48. The number of fused-ring (bicyclic) bond motifs is 1. The summed E-state index contributed by atoms with van der Waals surface area (Å²) in [5.74, 6) is -0.873. The normalized spacial score (nSPS) is 11.4. The van der Waals surface area contributed by atoms with E-state index >= 15 is 0 Å². The van der Waals surface area contributed by atoms with E-state index in [0.717, 1.165) is 15.7 Å². The van der Waals surface area contributed by atoms with Crippen LogP contribution in [0.25, 0.3) is 33.5 Å². The lowest BCUT2D eigenvalue weighted by molar-refractivity contribution is 0.116. The maximum atomic E-state index is 13.3. The highest BCUT2D eigenvalue weighted by atomic mass is 19.3. The fraction of sp³-hybridized carbons (Fsp3) is 0.125. The number of aromatic nitrogens is 5. The zero-order valence-electron chi connectivity index (χ0n) is 17.9. The smallest absolute Gasteiger partial charge is 0.331 e. The second-order valence-corrected chi connectivity index (χ2v) is 7.62. The van der Waals surface area contributed by atoms with Gasteiger partial charge in [0.25, 0.3) is 11.4 Å². The van der Waals surface area contributed by atoms with Crippen LogP contribution >= 0.6 is 0 Å². The van der Waals surface area contributed by atoms with Crippen molar-refractivity contribution in [1.29, 1.82) is 0 Å². The summed E-state index contributed by atoms with van der Waals surface area (Å²) < 4.78 is 32.8. The van der Waals surface area contributed by atoms with Gasteiger partial charge in [-0.3, -0.25) is 18.9 Å². The van der Waals surface area contributed by atoms with Crippen LogP contribution in [0.3, 0.4) is 0 Å². The van der Waals surface area contributed by atoms with E-state index in [4.69, 9.17) is 4.42 Å². The second-order valence-electron chi connectivity index (χ2n) is 7.62. The molecule has 5 rings (SSSR count). The van der Waals surface area contributed by atoms with Gasteiger partial charge in [-0.1, -0.05) is 36.4 Å². The average molecular weight is 461 g/mol. The summed E-state index contributed by atoms with van der Waals surface area (Å²) in [6.07, 6.45) is -1.51. The first kappa shape index (κ1) is 21.4. The molecule has 0 atom stereocenters. The Bertz CT molecular complexity index is 1610. The summed E-state index contributed by atoms with van der Waals surface area (Å²) >= 11 is 0. The maximum absolute atomic E-state index is 13.3. The standard InChI is InChI=1S/C24H17F2N5O3/c1-30-19-10-8-15(14-5-3-2-4-6-14)11-18(19)23(32)31(24(30)33)13-17-9-7-16(12-27-17)21-28-29-22(34-21)20(25)26/h2-12,20H,13H2,1H3. The van der Waals surface area contributed by atoms with Crippen molar-refractivity contribution in [3.8, 4) is 22.6 Å². The van der Waals surface area contributed by atoms with Crippen LogP contribution in [-0.2, 0) is 13.6 Å². The predicted octanol–water partition coefficient (Wildman–Crippen LogP) is 3.80. The van der Waals surface area contributed by atoms with Crippen molar-refractivity contribution < 1.29 is 13.2 Å². The van der Waals surface area contributed by atoms with Crippen LogP contribution in [0.15, 0.2) is 80.9 Å². The summed E-state index contributed by atoms with van der Waals surface area (Å²) in [6, 6.07) is 18.2. The number of alkyl halides is 2. The molecule has 10 heteroatoms. The molecule has 0 aliphatic rings. The summed E-state index contributed by atoms with van der Waals surface area (Å²) in [5.41, 5.74) is 2.21. The predicted molar refractivity (Wildman–Crippen MR) is 120 cm³/mol. The fourth-order valence-corrected chi connectivity index (χ4v) is 3.71. The molecule has 0 saturated heterocycles. The van der Waals surface area contributed by atoms with E-state index in [-0.39, 0.29) is 12.4 Å². The second kappa shape index (κ2) is 8.47. The van der Waals surface area contributed by atoms with Gasteiger partial charge in [0.05, 0.1) is 28.7 Å². The Morgan fingerprint density at radius 1 is 0.941 bits per heavy atom. The van der Waals surface area contributed by atoms with Crippen molar-refractivity contribution in [1.82, 2.24) is 24.3 Å². The molecule has 3 aromatic heterocycles. The number of aryl methyl sites for hydroxylation is 1. The zero-order valence-corrected chi connectivity index (χ0v) is 17.9. The SMILES string of the molecule is Cn1c(=O)n(Cc2ccc(-c3nnc(C(F)F)o3)cn2)c(=O)c2cc(-c3ccccc3)ccc21. The van der Waals surface area contributed by atoms with Crippen molar-refractivity contribution in [2.24, 2.45) is 7.05 Å². The summed E-state index contributed by atoms with van der Waals surface area (Å²) in [7, 11) is 1.61. The van der Waals surface area contributed by atoms with Gasteiger partial charge in [0.1, 0.15) is 0 Å². The number of hydrogen-bond donors (Lipinski definition) is 0. The van der Waals surface area contributed by atoms with Crippen LogP contribution < -0.4 is 11.2 Å². The summed E-state index contributed by atoms with van der Waals surface area (Å²) in [4.78, 5) is 30.4. The van der Waals surface area contributed by atoms with Gasteiger partial charge < -0.3 is 4.42 Å². The molecular formula is C24H17F2N5O3. The number of pyridine rings is 1. The molecule has 8 nitrogen and oxygen atoms in total. The lowest BCUT2D eigenvalue weighted by Crippen LogP contribution is -2.39. The summed E-state index contributed by atoms with van der Waals surface area (Å²) in [5, 5.41) is 7.28. The van der Waals surface area contributed by atoms with Crippen LogP contribution in [0.5, 0.6) is 0 Å². The van der Waals surface area contributed by atoms with Gasteiger partial charge in [-0.15, -0.1) is 10.2 Å². The number of halogens is 2. The van der Waals surface area contributed by atoms with E-state index < -0.39 is 23.6 Å². The van der Waals surface area contributed by atoms with E-state index in [1.54, 1.807) is 31.3 Å². The van der Waals surface area contributed by atoms with Gasteiger partial charge >= 0.3 is 12.1 Å². The summed E-state index contributed by atoms with van der Waals surface area (Å²) in [6.45, 7) is -0.0661. The van der Waals surface area contributed by atoms with Crippen molar-refractivity contribution in [2.75, 3.05) is 0 Å². The van der Waals surface area contributed by atoms with E-state index in [1.807, 2.05) is 36.4 Å². The Balaban J connectivity index is 1.52. The van der Waals surface area contributed by atoms with Crippen molar-refractivity contribution in [3.63, 3.8) is 0 Å². The highest BCUT2D eigenvalue weighted by Gasteiger charge is 2.18. The molecule has 0 spiro atoms. The molecule has 0 aliphatic heterocycles. The molecule has 0 radical (unpaired) electrons. The molecule has 0 aliphatic carbocycles. The van der Waals surface area contributed by atoms with Gasteiger partial charge in [0.15, 0.2) is 0 Å². The minimum Gasteiger partial charge on any atom is -0.415 e. The quantitative estimate of drug-likeness (QED) is 0.395. The molecule has 0 unspecified atom stereocenters. The van der Waals surface area contributed by atoms with Gasteiger partial charge in [-0.25, -0.2) is 4.79 Å². The fourth-order valence-electron chi connectivity index (χ4n) is 3.71. The number of hydrogen-bond acceptors (Lipinski definition) is 6. The van der Waals surface area contributed by atoms with Crippen molar-refractivity contribution in [3.05, 3.63) is 99.3 Å². The van der Waals surface area contributed by atoms with Crippen LogP contribution in [0.1, 0.15) is 18.0 Å². The Hall–Kier alpha value is -4.47. The molecule has 2 aromatic carbocycles. The average Bonchev–Trinajstić information content (AvgIpc) is 3.37. The van der Waals surface area contributed by atoms with Crippen LogP contribution in [0.2, 0.25) is 0 Å². The van der Waals surface area contributed by atoms with Crippen LogP contribution in [0, 0.1) is 0 Å². The Morgan fingerprint density at radius 2 is 1.71 bits per heavy atom. The van der Waals surface area contributed by atoms with E-state index in [1.165, 1.54) is 10.8 Å². The molecule has 0 amide bonds. The topological polar surface area (TPSA) is 95.8 Å². The molecular weight excluding hydrogens is 444 g/mol. The highest BCUT2D eigenvalue weighted by Crippen LogP contribution is 2.23. The lowest BCUT2D eigenvalue weighted by Gasteiger charge is -2.12. The number of nitrogens with zero attached hydrogens (tertiary/aromatic N) is 5. The monoisotopic (exact) mass is 461 g/mol.